The first-order valence-corrected chi connectivity index (χ1v) is 8.76. The number of aryl methyl sites for hydroxylation is 1. The van der Waals surface area contributed by atoms with Crippen LogP contribution in [0.5, 0.6) is 0 Å². The molecule has 2 N–H and O–H groups in total. The molecule has 1 aromatic heterocycles. The van der Waals surface area contributed by atoms with E-state index in [2.05, 4.69) is 27.3 Å². The molecule has 0 radical (unpaired) electrons. The van der Waals surface area contributed by atoms with Crippen molar-refractivity contribution in [2.75, 3.05) is 19.6 Å². The summed E-state index contributed by atoms with van der Waals surface area (Å²) in [7, 11) is 0. The Kier molecular flexibility index (Phi) is 7.19. The van der Waals surface area contributed by atoms with E-state index in [-0.39, 0.29) is 12.4 Å². The maximum Gasteiger partial charge on any atom is 0.0535 e. The average molecular weight is 327 g/mol. The van der Waals surface area contributed by atoms with Gasteiger partial charge in [0.15, 0.2) is 0 Å². The molecule has 2 fully saturated rings. The third-order valence-corrected chi connectivity index (χ3v) is 5.34. The molecule has 0 spiro atoms. The van der Waals surface area contributed by atoms with Crippen molar-refractivity contribution >= 4 is 12.4 Å². The lowest BCUT2D eigenvalue weighted by Crippen LogP contribution is -2.44. The number of rotatable bonds is 5. The Hall–Kier alpha value is -0.580. The maximum absolute atomic E-state index is 4.09. The Morgan fingerprint density at radius 1 is 1.18 bits per heavy atom. The van der Waals surface area contributed by atoms with Crippen LogP contribution in [0.15, 0.2) is 6.20 Å². The molecule has 0 bridgehead atoms. The summed E-state index contributed by atoms with van der Waals surface area (Å²) in [6.45, 7) is 6.96. The largest absolute Gasteiger partial charge is 0.310 e. The number of aromatic nitrogens is 2. The van der Waals surface area contributed by atoms with E-state index >= 15 is 0 Å². The predicted octanol–water partition coefficient (Wildman–Crippen LogP) is 3.27. The van der Waals surface area contributed by atoms with Crippen LogP contribution >= 0.6 is 12.4 Å². The van der Waals surface area contributed by atoms with Gasteiger partial charge in [0.1, 0.15) is 0 Å². The quantitative estimate of drug-likeness (QED) is 0.872. The molecule has 1 saturated heterocycles. The van der Waals surface area contributed by atoms with E-state index in [1.807, 2.05) is 6.20 Å². The lowest BCUT2D eigenvalue weighted by molar-refractivity contribution is 0.155. The Bertz CT molecular complexity index is 420. The lowest BCUT2D eigenvalue weighted by atomic mass is 9.88. The van der Waals surface area contributed by atoms with Gasteiger partial charge in [0, 0.05) is 30.4 Å². The Morgan fingerprint density at radius 2 is 1.91 bits per heavy atom. The number of hydrogen-bond acceptors (Lipinski definition) is 3. The Labute approximate surface area is 140 Å². The van der Waals surface area contributed by atoms with E-state index in [0.717, 1.165) is 12.5 Å². The van der Waals surface area contributed by atoms with Gasteiger partial charge in [0.05, 0.1) is 6.20 Å². The first-order valence-electron chi connectivity index (χ1n) is 8.76. The molecule has 22 heavy (non-hydrogen) atoms. The number of likely N-dealkylation sites (tertiary alicyclic amines) is 1. The minimum absolute atomic E-state index is 0. The minimum atomic E-state index is 0. The van der Waals surface area contributed by atoms with Crippen LogP contribution in [0.4, 0.5) is 0 Å². The van der Waals surface area contributed by atoms with Crippen molar-refractivity contribution in [3.05, 3.63) is 17.5 Å². The van der Waals surface area contributed by atoms with Crippen LogP contribution in [0.2, 0.25) is 0 Å². The van der Waals surface area contributed by atoms with E-state index in [1.54, 1.807) is 0 Å². The van der Waals surface area contributed by atoms with Crippen molar-refractivity contribution in [2.24, 2.45) is 5.92 Å². The van der Waals surface area contributed by atoms with Gasteiger partial charge in [-0.3, -0.25) is 5.10 Å². The zero-order chi connectivity index (χ0) is 14.5. The second-order valence-electron chi connectivity index (χ2n) is 6.98. The zero-order valence-corrected chi connectivity index (χ0v) is 14.6. The zero-order valence-electron chi connectivity index (χ0n) is 13.8. The van der Waals surface area contributed by atoms with Gasteiger partial charge in [0.25, 0.3) is 0 Å². The molecule has 0 atom stereocenters. The van der Waals surface area contributed by atoms with Gasteiger partial charge in [0.2, 0.25) is 0 Å². The van der Waals surface area contributed by atoms with Crippen LogP contribution in [0, 0.1) is 12.8 Å². The van der Waals surface area contributed by atoms with Gasteiger partial charge < -0.3 is 10.2 Å². The monoisotopic (exact) mass is 326 g/mol. The normalized spacial score (nSPS) is 21.7. The van der Waals surface area contributed by atoms with Crippen molar-refractivity contribution in [1.29, 1.82) is 0 Å². The van der Waals surface area contributed by atoms with Gasteiger partial charge in [-0.15, -0.1) is 12.4 Å². The van der Waals surface area contributed by atoms with Crippen molar-refractivity contribution in [1.82, 2.24) is 20.4 Å². The molecular formula is C17H31ClN4. The number of halogens is 1. The summed E-state index contributed by atoms with van der Waals surface area (Å²) in [5.41, 5.74) is 2.50. The predicted molar refractivity (Wildman–Crippen MR) is 93.4 cm³/mol. The molecule has 1 aliphatic heterocycles. The standard InChI is InChI=1S/C17H30N4.ClH/c1-14-16(12-19-20-14)11-18-17-7-9-21(10-8-17)13-15-5-3-2-4-6-15;/h12,15,17-18H,2-11,13H2,1H3,(H,19,20);1H. The molecule has 0 amide bonds. The molecule has 1 aliphatic carbocycles. The second kappa shape index (κ2) is 8.90. The molecular weight excluding hydrogens is 296 g/mol. The number of aromatic amines is 1. The highest BCUT2D eigenvalue weighted by atomic mass is 35.5. The topological polar surface area (TPSA) is 44.0 Å². The van der Waals surface area contributed by atoms with Crippen LogP contribution in [0.25, 0.3) is 0 Å². The van der Waals surface area contributed by atoms with E-state index in [9.17, 15) is 0 Å². The second-order valence-corrected chi connectivity index (χ2v) is 6.98. The fourth-order valence-corrected chi connectivity index (χ4v) is 3.86. The number of hydrogen-bond donors (Lipinski definition) is 2. The molecule has 4 nitrogen and oxygen atoms in total. The summed E-state index contributed by atoms with van der Waals surface area (Å²) in [6, 6.07) is 0.682. The van der Waals surface area contributed by atoms with Crippen LogP contribution < -0.4 is 5.32 Å². The number of piperidine rings is 1. The molecule has 1 saturated carbocycles. The molecule has 2 aliphatic rings. The summed E-state index contributed by atoms with van der Waals surface area (Å²) < 4.78 is 0. The fraction of sp³-hybridized carbons (Fsp3) is 0.824. The first-order chi connectivity index (χ1) is 10.3. The van der Waals surface area contributed by atoms with Crippen molar-refractivity contribution in [3.8, 4) is 0 Å². The van der Waals surface area contributed by atoms with Gasteiger partial charge in [-0.05, 0) is 51.6 Å². The summed E-state index contributed by atoms with van der Waals surface area (Å²) >= 11 is 0. The number of nitrogens with one attached hydrogen (secondary N) is 2. The summed E-state index contributed by atoms with van der Waals surface area (Å²) in [6.07, 6.45) is 11.9. The SMILES string of the molecule is Cc1[nH]ncc1CNC1CCN(CC2CCCCC2)CC1.Cl. The van der Waals surface area contributed by atoms with Crippen molar-refractivity contribution in [3.63, 3.8) is 0 Å². The van der Waals surface area contributed by atoms with Crippen LogP contribution in [-0.4, -0.2) is 40.8 Å². The van der Waals surface area contributed by atoms with Gasteiger partial charge in [-0.2, -0.15) is 5.10 Å². The summed E-state index contributed by atoms with van der Waals surface area (Å²) in [4.78, 5) is 2.71. The molecule has 1 aromatic rings. The minimum Gasteiger partial charge on any atom is -0.310 e. The molecule has 3 rings (SSSR count). The maximum atomic E-state index is 4.09. The molecule has 0 unspecified atom stereocenters. The smallest absolute Gasteiger partial charge is 0.0535 e. The number of H-pyrrole nitrogens is 1. The first kappa shape index (κ1) is 17.8. The summed E-state index contributed by atoms with van der Waals surface area (Å²) in [5.74, 6) is 0.983. The van der Waals surface area contributed by atoms with Gasteiger partial charge in [-0.1, -0.05) is 19.3 Å². The Morgan fingerprint density at radius 3 is 2.55 bits per heavy atom. The highest BCUT2D eigenvalue weighted by molar-refractivity contribution is 5.85. The van der Waals surface area contributed by atoms with Crippen LogP contribution in [0.3, 0.4) is 0 Å². The van der Waals surface area contributed by atoms with Crippen molar-refractivity contribution < 1.29 is 0 Å². The lowest BCUT2D eigenvalue weighted by Gasteiger charge is -2.35. The van der Waals surface area contributed by atoms with Gasteiger partial charge >= 0.3 is 0 Å². The third-order valence-electron chi connectivity index (χ3n) is 5.34. The molecule has 126 valence electrons. The van der Waals surface area contributed by atoms with E-state index in [0.29, 0.717) is 6.04 Å². The van der Waals surface area contributed by atoms with Gasteiger partial charge in [-0.25, -0.2) is 0 Å². The average Bonchev–Trinajstić information content (AvgIpc) is 2.93. The van der Waals surface area contributed by atoms with E-state index in [4.69, 9.17) is 0 Å². The van der Waals surface area contributed by atoms with Crippen LogP contribution in [-0.2, 0) is 6.54 Å². The summed E-state index contributed by atoms with van der Waals surface area (Å²) in [5, 5.41) is 10.8. The fourth-order valence-electron chi connectivity index (χ4n) is 3.86. The highest BCUT2D eigenvalue weighted by Crippen LogP contribution is 2.25. The van der Waals surface area contributed by atoms with Crippen molar-refractivity contribution in [2.45, 2.75) is 64.5 Å². The number of nitrogens with zero attached hydrogens (tertiary/aromatic N) is 2. The van der Waals surface area contributed by atoms with E-state index in [1.165, 1.54) is 75.8 Å². The van der Waals surface area contributed by atoms with E-state index < -0.39 is 0 Å². The molecule has 0 aromatic carbocycles. The Balaban J connectivity index is 0.00000176. The van der Waals surface area contributed by atoms with Crippen LogP contribution in [0.1, 0.15) is 56.2 Å². The molecule has 5 heteroatoms. The third kappa shape index (κ3) is 4.97. The highest BCUT2D eigenvalue weighted by Gasteiger charge is 2.22. The molecule has 2 heterocycles.